The second-order valence-corrected chi connectivity index (χ2v) is 5.81. The largest absolute Gasteiger partial charge is 0.393 e. The molecule has 0 aliphatic heterocycles. The highest BCUT2D eigenvalue weighted by molar-refractivity contribution is 5.80. The molecule has 0 aromatic rings. The fraction of sp³-hybridized carbons (Fsp3) is 0.933. The lowest BCUT2D eigenvalue weighted by atomic mass is 9.88. The highest BCUT2D eigenvalue weighted by atomic mass is 16.5. The maximum Gasteiger partial charge on any atom is 0.248 e. The van der Waals surface area contributed by atoms with E-state index in [4.69, 9.17) is 4.74 Å². The van der Waals surface area contributed by atoms with Gasteiger partial charge in [-0.05, 0) is 38.5 Å². The van der Waals surface area contributed by atoms with Gasteiger partial charge in [0.05, 0.1) is 12.2 Å². The molecule has 0 aromatic heterocycles. The topological polar surface area (TPSA) is 58.6 Å². The van der Waals surface area contributed by atoms with Gasteiger partial charge in [-0.25, -0.2) is 0 Å². The molecule has 1 aliphatic carbocycles. The van der Waals surface area contributed by atoms with E-state index in [2.05, 4.69) is 12.2 Å². The Morgan fingerprint density at radius 3 is 2.84 bits per heavy atom. The molecule has 0 heterocycles. The molecule has 4 unspecified atom stereocenters. The van der Waals surface area contributed by atoms with Crippen LogP contribution in [0.5, 0.6) is 0 Å². The standard InChI is InChI=1S/C15H29NO3/c1-4-13(17)8-9-16-15(18)12(3)19-14-7-5-6-11(2)10-14/h11-14,17H,4-10H2,1-3H3,(H,16,18). The number of carbonyl (C=O) groups is 1. The van der Waals surface area contributed by atoms with Crippen molar-refractivity contribution in [1.29, 1.82) is 0 Å². The predicted octanol–water partition coefficient (Wildman–Crippen LogP) is 2.25. The van der Waals surface area contributed by atoms with E-state index in [1.165, 1.54) is 12.8 Å². The Labute approximate surface area is 116 Å². The number of aliphatic hydroxyl groups excluding tert-OH is 1. The van der Waals surface area contributed by atoms with Crippen LogP contribution < -0.4 is 5.32 Å². The van der Waals surface area contributed by atoms with Crippen molar-refractivity contribution < 1.29 is 14.6 Å². The monoisotopic (exact) mass is 271 g/mol. The summed E-state index contributed by atoms with van der Waals surface area (Å²) in [6.45, 7) is 6.50. The lowest BCUT2D eigenvalue weighted by molar-refractivity contribution is -0.137. The van der Waals surface area contributed by atoms with Crippen LogP contribution in [0.15, 0.2) is 0 Å². The molecule has 4 atom stereocenters. The second kappa shape index (κ2) is 8.54. The van der Waals surface area contributed by atoms with E-state index in [-0.39, 0.29) is 18.1 Å². The highest BCUT2D eigenvalue weighted by Crippen LogP contribution is 2.26. The third-order valence-electron chi connectivity index (χ3n) is 3.90. The Morgan fingerprint density at radius 1 is 1.47 bits per heavy atom. The quantitative estimate of drug-likeness (QED) is 0.746. The summed E-state index contributed by atoms with van der Waals surface area (Å²) in [5.41, 5.74) is 0. The van der Waals surface area contributed by atoms with E-state index < -0.39 is 6.10 Å². The third-order valence-corrected chi connectivity index (χ3v) is 3.90. The molecule has 0 radical (unpaired) electrons. The van der Waals surface area contributed by atoms with Crippen molar-refractivity contribution in [3.8, 4) is 0 Å². The minimum absolute atomic E-state index is 0.0680. The van der Waals surface area contributed by atoms with E-state index in [1.54, 1.807) is 0 Å². The van der Waals surface area contributed by atoms with E-state index in [9.17, 15) is 9.90 Å². The molecule has 0 spiro atoms. The van der Waals surface area contributed by atoms with Crippen molar-refractivity contribution in [3.05, 3.63) is 0 Å². The SMILES string of the molecule is CCC(O)CCNC(=O)C(C)OC1CCCC(C)C1. The molecule has 4 nitrogen and oxygen atoms in total. The number of carbonyl (C=O) groups excluding carboxylic acids is 1. The smallest absolute Gasteiger partial charge is 0.248 e. The zero-order valence-corrected chi connectivity index (χ0v) is 12.5. The molecule has 0 saturated heterocycles. The van der Waals surface area contributed by atoms with Gasteiger partial charge in [0, 0.05) is 6.54 Å². The summed E-state index contributed by atoms with van der Waals surface area (Å²) < 4.78 is 5.83. The Kier molecular flexibility index (Phi) is 7.39. The van der Waals surface area contributed by atoms with Gasteiger partial charge in [0.1, 0.15) is 6.10 Å². The number of aliphatic hydroxyl groups is 1. The number of hydrogen-bond donors (Lipinski definition) is 2. The van der Waals surface area contributed by atoms with E-state index >= 15 is 0 Å². The van der Waals surface area contributed by atoms with Crippen LogP contribution in [0.4, 0.5) is 0 Å². The summed E-state index contributed by atoms with van der Waals surface area (Å²) in [4.78, 5) is 11.9. The van der Waals surface area contributed by atoms with Gasteiger partial charge in [0.15, 0.2) is 0 Å². The summed E-state index contributed by atoms with van der Waals surface area (Å²) in [5.74, 6) is 0.634. The van der Waals surface area contributed by atoms with Gasteiger partial charge in [0.2, 0.25) is 5.91 Å². The number of rotatable bonds is 7. The Balaban J connectivity index is 2.20. The van der Waals surface area contributed by atoms with Crippen LogP contribution in [0, 0.1) is 5.92 Å². The van der Waals surface area contributed by atoms with Crippen LogP contribution in [0.2, 0.25) is 0 Å². The Bertz CT molecular complexity index is 270. The average Bonchev–Trinajstić information content (AvgIpc) is 2.38. The normalized spacial score (nSPS) is 26.7. The first-order chi connectivity index (χ1) is 9.02. The van der Waals surface area contributed by atoms with Crippen molar-refractivity contribution >= 4 is 5.91 Å². The van der Waals surface area contributed by atoms with Gasteiger partial charge in [-0.2, -0.15) is 0 Å². The molecule has 2 N–H and O–H groups in total. The number of nitrogens with one attached hydrogen (secondary N) is 1. The number of amides is 1. The second-order valence-electron chi connectivity index (χ2n) is 5.81. The molecule has 4 heteroatoms. The van der Waals surface area contributed by atoms with Crippen molar-refractivity contribution in [2.45, 2.75) is 77.6 Å². The predicted molar refractivity (Wildman–Crippen MR) is 75.9 cm³/mol. The van der Waals surface area contributed by atoms with Crippen LogP contribution in [0.3, 0.4) is 0 Å². The molecule has 1 fully saturated rings. The summed E-state index contributed by atoms with van der Waals surface area (Å²) in [5, 5.41) is 12.2. The van der Waals surface area contributed by atoms with Gasteiger partial charge in [-0.3, -0.25) is 4.79 Å². The van der Waals surface area contributed by atoms with Crippen molar-refractivity contribution in [2.75, 3.05) is 6.54 Å². The molecule has 1 amide bonds. The van der Waals surface area contributed by atoms with Crippen LogP contribution in [0.25, 0.3) is 0 Å². The first-order valence-electron chi connectivity index (χ1n) is 7.64. The zero-order chi connectivity index (χ0) is 14.3. The van der Waals surface area contributed by atoms with Crippen LogP contribution in [0.1, 0.15) is 59.3 Å². The molecule has 1 aliphatic rings. The zero-order valence-electron chi connectivity index (χ0n) is 12.5. The first kappa shape index (κ1) is 16.4. The van der Waals surface area contributed by atoms with Crippen LogP contribution in [-0.4, -0.2) is 35.9 Å². The highest BCUT2D eigenvalue weighted by Gasteiger charge is 2.23. The summed E-state index contributed by atoms with van der Waals surface area (Å²) in [6.07, 6.45) is 5.44. The van der Waals surface area contributed by atoms with Gasteiger partial charge >= 0.3 is 0 Å². The van der Waals surface area contributed by atoms with Crippen LogP contribution in [-0.2, 0) is 9.53 Å². The lowest BCUT2D eigenvalue weighted by Gasteiger charge is -2.29. The summed E-state index contributed by atoms with van der Waals surface area (Å²) >= 11 is 0. The van der Waals surface area contributed by atoms with E-state index in [1.807, 2.05) is 13.8 Å². The molecule has 1 saturated carbocycles. The van der Waals surface area contributed by atoms with Crippen LogP contribution >= 0.6 is 0 Å². The van der Waals surface area contributed by atoms with Crippen molar-refractivity contribution in [3.63, 3.8) is 0 Å². The minimum Gasteiger partial charge on any atom is -0.393 e. The van der Waals surface area contributed by atoms with Crippen molar-refractivity contribution in [1.82, 2.24) is 5.32 Å². The Morgan fingerprint density at radius 2 is 2.21 bits per heavy atom. The molecular formula is C15H29NO3. The first-order valence-corrected chi connectivity index (χ1v) is 7.64. The molecule has 112 valence electrons. The Hall–Kier alpha value is -0.610. The molecular weight excluding hydrogens is 242 g/mol. The van der Waals surface area contributed by atoms with E-state index in [0.29, 0.717) is 18.9 Å². The average molecular weight is 271 g/mol. The minimum atomic E-state index is -0.394. The van der Waals surface area contributed by atoms with Gasteiger partial charge in [0.25, 0.3) is 0 Å². The fourth-order valence-electron chi connectivity index (χ4n) is 2.56. The third kappa shape index (κ3) is 6.39. The van der Waals surface area contributed by atoms with Crippen molar-refractivity contribution in [2.24, 2.45) is 5.92 Å². The molecule has 0 aromatic carbocycles. The summed E-state index contributed by atoms with van der Waals surface area (Å²) in [6, 6.07) is 0. The van der Waals surface area contributed by atoms with Gasteiger partial charge in [-0.15, -0.1) is 0 Å². The maximum atomic E-state index is 11.9. The summed E-state index contributed by atoms with van der Waals surface area (Å²) in [7, 11) is 0. The van der Waals surface area contributed by atoms with Gasteiger partial charge < -0.3 is 15.2 Å². The molecule has 1 rings (SSSR count). The van der Waals surface area contributed by atoms with Gasteiger partial charge in [-0.1, -0.05) is 26.7 Å². The molecule has 0 bridgehead atoms. The lowest BCUT2D eigenvalue weighted by Crippen LogP contribution is -2.38. The number of ether oxygens (including phenoxy) is 1. The maximum absolute atomic E-state index is 11.9. The van der Waals surface area contributed by atoms with E-state index in [0.717, 1.165) is 19.3 Å². The molecule has 19 heavy (non-hydrogen) atoms. The number of hydrogen-bond acceptors (Lipinski definition) is 3. The fourth-order valence-corrected chi connectivity index (χ4v) is 2.56.